The molecule has 114 valence electrons. The van der Waals surface area contributed by atoms with Crippen LogP contribution in [-0.4, -0.2) is 41.4 Å². The van der Waals surface area contributed by atoms with Crippen LogP contribution in [0.5, 0.6) is 0 Å². The third kappa shape index (κ3) is 4.48. The number of nitrogens with one attached hydrogen (secondary N) is 1. The molecular weight excluding hydrogens is 340 g/mol. The predicted molar refractivity (Wildman–Crippen MR) is 83.1 cm³/mol. The first-order chi connectivity index (χ1) is 9.95. The molecule has 1 aliphatic rings. The van der Waals surface area contributed by atoms with E-state index in [2.05, 4.69) is 21.2 Å². The zero-order chi connectivity index (χ0) is 15.4. The Bertz CT molecular complexity index is 544. The molecule has 0 atom stereocenters. The monoisotopic (exact) mass is 356 g/mol. The molecule has 1 heterocycles. The van der Waals surface area contributed by atoms with Crippen LogP contribution in [-0.2, 0) is 4.79 Å². The molecule has 0 unspecified atom stereocenters. The second-order valence-corrected chi connectivity index (χ2v) is 5.94. The molecule has 0 radical (unpaired) electrons. The van der Waals surface area contributed by atoms with E-state index in [-0.39, 0.29) is 24.2 Å². The number of piperidine rings is 1. The van der Waals surface area contributed by atoms with Crippen LogP contribution in [0.2, 0.25) is 0 Å². The van der Waals surface area contributed by atoms with Gasteiger partial charge in [-0.15, -0.1) is 0 Å². The summed E-state index contributed by atoms with van der Waals surface area (Å²) >= 11 is 3.27. The Morgan fingerprint density at radius 3 is 2.76 bits per heavy atom. The minimum Gasteiger partial charge on any atom is -0.328 e. The minimum atomic E-state index is -0.492. The van der Waals surface area contributed by atoms with Crippen LogP contribution >= 0.6 is 15.9 Å². The van der Waals surface area contributed by atoms with E-state index in [1.54, 1.807) is 6.07 Å². The van der Waals surface area contributed by atoms with E-state index in [1.165, 1.54) is 12.1 Å². The number of rotatable bonds is 4. The van der Waals surface area contributed by atoms with Crippen molar-refractivity contribution in [3.63, 3.8) is 0 Å². The van der Waals surface area contributed by atoms with Crippen molar-refractivity contribution in [3.05, 3.63) is 32.8 Å². The summed E-state index contributed by atoms with van der Waals surface area (Å²) in [4.78, 5) is 24.3. The second-order valence-electron chi connectivity index (χ2n) is 5.08. The summed E-state index contributed by atoms with van der Waals surface area (Å²) in [5.41, 5.74) is 6.17. The maximum Gasteiger partial charge on any atom is 0.271 e. The van der Waals surface area contributed by atoms with Crippen LogP contribution < -0.4 is 11.1 Å². The average Bonchev–Trinajstić information content (AvgIpc) is 2.43. The first-order valence-electron chi connectivity index (χ1n) is 6.67. The van der Waals surface area contributed by atoms with Gasteiger partial charge in [0.15, 0.2) is 0 Å². The molecule has 0 aromatic heterocycles. The highest BCUT2D eigenvalue weighted by Gasteiger charge is 2.19. The number of nitrogens with zero attached hydrogens (tertiary/aromatic N) is 2. The van der Waals surface area contributed by atoms with Crippen molar-refractivity contribution < 1.29 is 9.72 Å². The fourth-order valence-electron chi connectivity index (χ4n) is 2.23. The number of nitrogens with two attached hydrogens (primary N) is 1. The average molecular weight is 357 g/mol. The number of carbonyl (C=O) groups is 1. The normalized spacial score (nSPS) is 16.7. The Kier molecular flexibility index (Phi) is 5.27. The van der Waals surface area contributed by atoms with Gasteiger partial charge in [-0.3, -0.25) is 19.8 Å². The van der Waals surface area contributed by atoms with Crippen molar-refractivity contribution in [2.45, 2.75) is 18.9 Å². The Hall–Kier alpha value is -1.51. The third-order valence-electron chi connectivity index (χ3n) is 3.43. The predicted octanol–water partition coefficient (Wildman–Crippen LogP) is 1.72. The standard InChI is InChI=1S/C13H17BrN4O3/c14-11-2-1-10(18(20)21)7-12(11)16-13(19)8-17-5-3-9(15)4-6-17/h1-2,7,9H,3-6,8,15H2,(H,16,19). The molecule has 21 heavy (non-hydrogen) atoms. The van der Waals surface area contributed by atoms with E-state index in [9.17, 15) is 14.9 Å². The van der Waals surface area contributed by atoms with Crippen LogP contribution in [0.3, 0.4) is 0 Å². The lowest BCUT2D eigenvalue weighted by molar-refractivity contribution is -0.384. The first-order valence-corrected chi connectivity index (χ1v) is 7.46. The van der Waals surface area contributed by atoms with Crippen LogP contribution in [0, 0.1) is 10.1 Å². The van der Waals surface area contributed by atoms with Crippen LogP contribution in [0.1, 0.15) is 12.8 Å². The Labute approximate surface area is 130 Å². The first kappa shape index (κ1) is 15.9. The molecule has 1 aromatic carbocycles. The fourth-order valence-corrected chi connectivity index (χ4v) is 2.57. The second kappa shape index (κ2) is 6.97. The van der Waals surface area contributed by atoms with Crippen molar-refractivity contribution in [1.82, 2.24) is 4.90 Å². The summed E-state index contributed by atoms with van der Waals surface area (Å²) < 4.78 is 0.613. The number of nitro benzene ring substituents is 1. The van der Waals surface area contributed by atoms with Gasteiger partial charge in [-0.2, -0.15) is 0 Å². The summed E-state index contributed by atoms with van der Waals surface area (Å²) in [5.74, 6) is -0.188. The summed E-state index contributed by atoms with van der Waals surface area (Å²) in [7, 11) is 0. The molecule has 0 saturated carbocycles. The van der Waals surface area contributed by atoms with Gasteiger partial charge in [0.2, 0.25) is 5.91 Å². The summed E-state index contributed by atoms with van der Waals surface area (Å²) in [6, 6.07) is 4.49. The van der Waals surface area contributed by atoms with E-state index < -0.39 is 4.92 Å². The molecule has 1 aliphatic heterocycles. The molecule has 1 amide bonds. The lowest BCUT2D eigenvalue weighted by atomic mass is 10.1. The number of anilines is 1. The molecule has 0 spiro atoms. The van der Waals surface area contributed by atoms with E-state index in [0.717, 1.165) is 25.9 Å². The maximum atomic E-state index is 12.0. The van der Waals surface area contributed by atoms with Crippen molar-refractivity contribution in [3.8, 4) is 0 Å². The van der Waals surface area contributed by atoms with Gasteiger partial charge in [0.1, 0.15) is 0 Å². The number of benzene rings is 1. The largest absolute Gasteiger partial charge is 0.328 e. The van der Waals surface area contributed by atoms with Crippen LogP contribution in [0.4, 0.5) is 11.4 Å². The highest BCUT2D eigenvalue weighted by Crippen LogP contribution is 2.27. The number of non-ortho nitro benzene ring substituents is 1. The summed E-state index contributed by atoms with van der Waals surface area (Å²) in [6.07, 6.45) is 1.77. The van der Waals surface area contributed by atoms with Crippen LogP contribution in [0.15, 0.2) is 22.7 Å². The van der Waals surface area contributed by atoms with Crippen LogP contribution in [0.25, 0.3) is 0 Å². The van der Waals surface area contributed by atoms with Gasteiger partial charge in [0, 0.05) is 35.7 Å². The molecule has 1 saturated heterocycles. The highest BCUT2D eigenvalue weighted by atomic mass is 79.9. The quantitative estimate of drug-likeness (QED) is 0.631. The number of amides is 1. The SMILES string of the molecule is NC1CCN(CC(=O)Nc2cc([N+](=O)[O-])ccc2Br)CC1. The lowest BCUT2D eigenvalue weighted by Gasteiger charge is -2.29. The Balaban J connectivity index is 1.96. The van der Waals surface area contributed by atoms with Crippen molar-refractivity contribution in [2.24, 2.45) is 5.73 Å². The van der Waals surface area contributed by atoms with Crippen molar-refractivity contribution in [1.29, 1.82) is 0 Å². The zero-order valence-electron chi connectivity index (χ0n) is 11.4. The van der Waals surface area contributed by atoms with E-state index >= 15 is 0 Å². The molecule has 7 nitrogen and oxygen atoms in total. The third-order valence-corrected chi connectivity index (χ3v) is 4.13. The molecule has 8 heteroatoms. The van der Waals surface area contributed by atoms with Gasteiger partial charge in [0.25, 0.3) is 5.69 Å². The minimum absolute atomic E-state index is 0.0579. The number of halogens is 1. The van der Waals surface area contributed by atoms with Gasteiger partial charge in [-0.25, -0.2) is 0 Å². The molecule has 2 rings (SSSR count). The van der Waals surface area contributed by atoms with Gasteiger partial charge >= 0.3 is 0 Å². The summed E-state index contributed by atoms with van der Waals surface area (Å²) in [6.45, 7) is 1.86. The lowest BCUT2D eigenvalue weighted by Crippen LogP contribution is -2.43. The van der Waals surface area contributed by atoms with E-state index in [1.807, 2.05) is 4.90 Å². The number of likely N-dealkylation sites (tertiary alicyclic amines) is 1. The smallest absolute Gasteiger partial charge is 0.271 e. The molecule has 0 bridgehead atoms. The number of hydrogen-bond donors (Lipinski definition) is 2. The number of hydrogen-bond acceptors (Lipinski definition) is 5. The van der Waals surface area contributed by atoms with Gasteiger partial charge in [-0.1, -0.05) is 0 Å². The topological polar surface area (TPSA) is 102 Å². The highest BCUT2D eigenvalue weighted by molar-refractivity contribution is 9.10. The van der Waals surface area contributed by atoms with E-state index in [0.29, 0.717) is 10.2 Å². The number of nitro groups is 1. The van der Waals surface area contributed by atoms with E-state index in [4.69, 9.17) is 5.73 Å². The van der Waals surface area contributed by atoms with Gasteiger partial charge in [-0.05, 0) is 34.8 Å². The Morgan fingerprint density at radius 2 is 2.14 bits per heavy atom. The van der Waals surface area contributed by atoms with Crippen molar-refractivity contribution in [2.75, 3.05) is 25.0 Å². The maximum absolute atomic E-state index is 12.0. The molecule has 0 aliphatic carbocycles. The molecule has 1 aromatic rings. The molecule has 3 N–H and O–H groups in total. The molecule has 1 fully saturated rings. The summed E-state index contributed by atoms with van der Waals surface area (Å²) in [5, 5.41) is 13.5. The Morgan fingerprint density at radius 1 is 1.48 bits per heavy atom. The van der Waals surface area contributed by atoms with Crippen molar-refractivity contribution >= 4 is 33.2 Å². The molecular formula is C13H17BrN4O3. The van der Waals surface area contributed by atoms with Gasteiger partial charge in [0.05, 0.1) is 17.2 Å². The zero-order valence-corrected chi connectivity index (χ0v) is 13.0. The number of carbonyl (C=O) groups excluding carboxylic acids is 1. The fraction of sp³-hybridized carbons (Fsp3) is 0.462. The van der Waals surface area contributed by atoms with Gasteiger partial charge < -0.3 is 11.1 Å².